The fraction of sp³-hybridized carbons (Fsp3) is 0.241. The molecule has 0 aliphatic carbocycles. The third-order valence-corrected chi connectivity index (χ3v) is 7.87. The highest BCUT2D eigenvalue weighted by molar-refractivity contribution is 7.92. The Morgan fingerprint density at radius 3 is 2.29 bits per heavy atom. The van der Waals surface area contributed by atoms with Crippen LogP contribution in [0.5, 0.6) is 0 Å². The van der Waals surface area contributed by atoms with E-state index >= 15 is 0 Å². The molecule has 0 unspecified atom stereocenters. The second-order valence-electron chi connectivity index (χ2n) is 9.87. The molecule has 0 bridgehead atoms. The molecule has 0 amide bonds. The topological polar surface area (TPSA) is 79.3 Å². The number of thiocarbonyl (C=S) groups is 1. The van der Waals surface area contributed by atoms with Crippen LogP contribution in [-0.2, 0) is 10.0 Å². The van der Waals surface area contributed by atoms with Gasteiger partial charge in [0.15, 0.2) is 5.11 Å². The summed E-state index contributed by atoms with van der Waals surface area (Å²) in [6, 6.07) is 22.0. The van der Waals surface area contributed by atoms with Crippen molar-refractivity contribution in [2.45, 2.75) is 39.8 Å². The zero-order chi connectivity index (χ0) is 27.2. The molecule has 0 radical (unpaired) electrons. The summed E-state index contributed by atoms with van der Waals surface area (Å²) in [5.74, 6) is 0. The van der Waals surface area contributed by atoms with Crippen molar-refractivity contribution in [3.05, 3.63) is 107 Å². The maximum Gasteiger partial charge on any atom is 0.229 e. The predicted octanol–water partition coefficient (Wildman–Crippen LogP) is 5.65. The summed E-state index contributed by atoms with van der Waals surface area (Å²) in [6.45, 7) is 8.23. The van der Waals surface area contributed by atoms with E-state index in [9.17, 15) is 8.42 Å². The number of benzene rings is 2. The SMILES string of the molecule is Cc1ccc(-n2c(C)cc([C@@H]3[C@H](c4ccccn4)NC(=S)N3c3ccc(NS(C)(=O)=O)c(C)c3)c2C)cc1. The summed E-state index contributed by atoms with van der Waals surface area (Å²) in [5.41, 5.74) is 8.85. The van der Waals surface area contributed by atoms with Crippen LogP contribution in [0.4, 0.5) is 11.4 Å². The lowest BCUT2D eigenvalue weighted by atomic mass is 9.96. The average Bonchev–Trinajstić information content (AvgIpc) is 3.36. The average molecular weight is 546 g/mol. The fourth-order valence-corrected chi connectivity index (χ4v) is 6.21. The van der Waals surface area contributed by atoms with E-state index in [-0.39, 0.29) is 12.1 Å². The maximum absolute atomic E-state index is 11.8. The van der Waals surface area contributed by atoms with Crippen molar-refractivity contribution in [1.29, 1.82) is 0 Å². The number of anilines is 2. The molecule has 1 fully saturated rings. The molecule has 0 saturated carbocycles. The first-order chi connectivity index (χ1) is 18.0. The predicted molar refractivity (Wildman–Crippen MR) is 158 cm³/mol. The molecule has 7 nitrogen and oxygen atoms in total. The van der Waals surface area contributed by atoms with Gasteiger partial charge in [0, 0.05) is 29.0 Å². The van der Waals surface area contributed by atoms with Crippen LogP contribution in [0, 0.1) is 27.7 Å². The number of pyridine rings is 1. The van der Waals surface area contributed by atoms with Gasteiger partial charge in [-0.3, -0.25) is 9.71 Å². The molecule has 3 heterocycles. The molecule has 1 aliphatic heterocycles. The van der Waals surface area contributed by atoms with Gasteiger partial charge < -0.3 is 14.8 Å². The van der Waals surface area contributed by atoms with Crippen molar-refractivity contribution in [2.75, 3.05) is 15.9 Å². The number of sulfonamides is 1. The summed E-state index contributed by atoms with van der Waals surface area (Å²) in [5, 5.41) is 4.11. The molecule has 4 aromatic rings. The van der Waals surface area contributed by atoms with Gasteiger partial charge in [0.2, 0.25) is 10.0 Å². The van der Waals surface area contributed by atoms with Crippen molar-refractivity contribution in [3.63, 3.8) is 0 Å². The first-order valence-electron chi connectivity index (χ1n) is 12.4. The number of hydrogen-bond donors (Lipinski definition) is 2. The molecule has 38 heavy (non-hydrogen) atoms. The summed E-state index contributed by atoms with van der Waals surface area (Å²) in [6.07, 6.45) is 2.95. The molecule has 1 saturated heterocycles. The minimum absolute atomic E-state index is 0.170. The van der Waals surface area contributed by atoms with E-state index in [0.717, 1.165) is 45.8 Å². The van der Waals surface area contributed by atoms with Gasteiger partial charge in [-0.15, -0.1) is 0 Å². The molecule has 1 aliphatic rings. The van der Waals surface area contributed by atoms with E-state index in [1.165, 1.54) is 5.56 Å². The Labute approximate surface area is 229 Å². The van der Waals surface area contributed by atoms with Crippen molar-refractivity contribution in [1.82, 2.24) is 14.9 Å². The van der Waals surface area contributed by atoms with Crippen LogP contribution in [0.25, 0.3) is 5.69 Å². The van der Waals surface area contributed by atoms with Gasteiger partial charge in [0.25, 0.3) is 0 Å². The number of hydrogen-bond acceptors (Lipinski definition) is 4. The van der Waals surface area contributed by atoms with Gasteiger partial charge in [0.1, 0.15) is 0 Å². The molecule has 5 rings (SSSR count). The van der Waals surface area contributed by atoms with Gasteiger partial charge in [-0.2, -0.15) is 0 Å². The summed E-state index contributed by atoms with van der Waals surface area (Å²) in [7, 11) is -3.39. The number of aromatic nitrogens is 2. The Kier molecular flexibility index (Phi) is 6.75. The third kappa shape index (κ3) is 4.91. The Morgan fingerprint density at radius 2 is 1.66 bits per heavy atom. The van der Waals surface area contributed by atoms with Crippen LogP contribution in [0.15, 0.2) is 72.9 Å². The van der Waals surface area contributed by atoms with E-state index in [1.54, 1.807) is 12.3 Å². The van der Waals surface area contributed by atoms with Gasteiger partial charge in [-0.05, 0) is 99.6 Å². The second kappa shape index (κ2) is 9.89. The lowest BCUT2D eigenvalue weighted by molar-refractivity contribution is 0.565. The Balaban J connectivity index is 1.65. The van der Waals surface area contributed by atoms with Gasteiger partial charge in [-0.1, -0.05) is 23.8 Å². The first-order valence-corrected chi connectivity index (χ1v) is 14.7. The summed E-state index contributed by atoms with van der Waals surface area (Å²) in [4.78, 5) is 6.78. The summed E-state index contributed by atoms with van der Waals surface area (Å²) >= 11 is 5.90. The lowest BCUT2D eigenvalue weighted by Gasteiger charge is -2.29. The van der Waals surface area contributed by atoms with E-state index < -0.39 is 10.0 Å². The van der Waals surface area contributed by atoms with E-state index in [1.807, 2.05) is 37.3 Å². The minimum Gasteiger partial charge on any atom is -0.351 e. The molecular weight excluding hydrogens is 514 g/mol. The van der Waals surface area contributed by atoms with Crippen molar-refractivity contribution in [2.24, 2.45) is 0 Å². The van der Waals surface area contributed by atoms with Crippen LogP contribution >= 0.6 is 12.2 Å². The smallest absolute Gasteiger partial charge is 0.229 e. The first kappa shape index (κ1) is 25.9. The quantitative estimate of drug-likeness (QED) is 0.305. The summed E-state index contributed by atoms with van der Waals surface area (Å²) < 4.78 is 28.5. The number of nitrogens with zero attached hydrogens (tertiary/aromatic N) is 3. The molecule has 196 valence electrons. The highest BCUT2D eigenvalue weighted by atomic mass is 32.2. The van der Waals surface area contributed by atoms with Crippen LogP contribution in [0.2, 0.25) is 0 Å². The standard InChI is InChI=1S/C29H31N5O2S2/c1-18-9-11-22(12-10-18)33-20(3)17-24(21(33)4)28-27(26-8-6-7-15-30-26)31-29(37)34(28)23-13-14-25(19(2)16-23)32-38(5,35)36/h6-17,27-28,32H,1-5H3,(H,31,37)/t27-,28+/m0/s1. The number of aryl methyl sites for hydroxylation is 3. The van der Waals surface area contributed by atoms with Crippen LogP contribution in [-0.4, -0.2) is 29.3 Å². The maximum atomic E-state index is 11.8. The molecular formula is C29H31N5O2S2. The number of rotatable bonds is 6. The molecule has 2 atom stereocenters. The van der Waals surface area contributed by atoms with Gasteiger partial charge >= 0.3 is 0 Å². The monoisotopic (exact) mass is 545 g/mol. The van der Waals surface area contributed by atoms with E-state index in [4.69, 9.17) is 12.2 Å². The normalized spacial score (nSPS) is 17.5. The molecule has 9 heteroatoms. The van der Waals surface area contributed by atoms with E-state index in [0.29, 0.717) is 10.8 Å². The Hall–Kier alpha value is -3.69. The Morgan fingerprint density at radius 1 is 0.947 bits per heavy atom. The Bertz CT molecular complexity index is 1610. The number of nitrogens with one attached hydrogen (secondary N) is 2. The fourth-order valence-electron chi connectivity index (χ4n) is 5.24. The van der Waals surface area contributed by atoms with Crippen molar-refractivity contribution >= 4 is 38.7 Å². The lowest BCUT2D eigenvalue weighted by Crippen LogP contribution is -2.29. The van der Waals surface area contributed by atoms with Crippen molar-refractivity contribution < 1.29 is 8.42 Å². The third-order valence-electron chi connectivity index (χ3n) is 6.96. The second-order valence-corrected chi connectivity index (χ2v) is 12.0. The zero-order valence-corrected chi connectivity index (χ0v) is 23.7. The van der Waals surface area contributed by atoms with Crippen LogP contribution in [0.1, 0.15) is 45.9 Å². The highest BCUT2D eigenvalue weighted by Gasteiger charge is 2.42. The molecule has 0 spiro atoms. The largest absolute Gasteiger partial charge is 0.351 e. The van der Waals surface area contributed by atoms with Crippen LogP contribution in [0.3, 0.4) is 0 Å². The van der Waals surface area contributed by atoms with Gasteiger partial charge in [-0.25, -0.2) is 8.42 Å². The van der Waals surface area contributed by atoms with Gasteiger partial charge in [0.05, 0.1) is 29.7 Å². The van der Waals surface area contributed by atoms with Crippen molar-refractivity contribution in [3.8, 4) is 5.69 Å². The zero-order valence-electron chi connectivity index (χ0n) is 22.1. The molecule has 2 N–H and O–H groups in total. The molecule has 2 aromatic heterocycles. The molecule has 2 aromatic carbocycles. The minimum atomic E-state index is -3.39. The van der Waals surface area contributed by atoms with Crippen LogP contribution < -0.4 is 14.9 Å². The van der Waals surface area contributed by atoms with E-state index in [2.05, 4.69) is 75.6 Å². The highest BCUT2D eigenvalue weighted by Crippen LogP contribution is 2.44.